The van der Waals surface area contributed by atoms with Gasteiger partial charge in [0.1, 0.15) is 42.3 Å². The van der Waals surface area contributed by atoms with Crippen LogP contribution in [0.15, 0.2) is 35.3 Å². The van der Waals surface area contributed by atoms with Crippen LogP contribution in [0.4, 0.5) is 0 Å². The Labute approximate surface area is 523 Å². The Kier molecular flexibility index (Phi) is 32.6. The second kappa shape index (κ2) is 38.5. The first-order valence-electron chi connectivity index (χ1n) is 31.3. The van der Waals surface area contributed by atoms with Crippen LogP contribution in [0.5, 0.6) is 0 Å². The number of nitrogens with zero attached hydrogens (tertiary/aromatic N) is 4. The number of guanidine groups is 1. The lowest BCUT2D eigenvalue weighted by Crippen LogP contribution is -2.60. The number of likely N-dealkylation sites (tertiary alicyclic amines) is 2. The molecule has 0 bridgehead atoms. The predicted molar refractivity (Wildman–Crippen MR) is 333 cm³/mol. The number of piperidine rings is 1. The zero-order chi connectivity index (χ0) is 66.5. The molecule has 16 N–H and O–H groups in total. The minimum absolute atomic E-state index is 0.00796. The molecule has 1 aromatic rings. The van der Waals surface area contributed by atoms with Gasteiger partial charge in [-0.2, -0.15) is 0 Å². The molecule has 0 unspecified atom stereocenters. The van der Waals surface area contributed by atoms with Gasteiger partial charge in [0.25, 0.3) is 0 Å². The van der Waals surface area contributed by atoms with Gasteiger partial charge < -0.3 is 80.0 Å². The molecule has 10 atom stereocenters. The van der Waals surface area contributed by atoms with Crippen molar-refractivity contribution in [2.45, 2.75) is 200 Å². The summed E-state index contributed by atoms with van der Waals surface area (Å²) in [6, 6.07) is -1.43. The van der Waals surface area contributed by atoms with Gasteiger partial charge >= 0.3 is 5.97 Å². The van der Waals surface area contributed by atoms with E-state index in [0.29, 0.717) is 32.2 Å². The number of aliphatic carboxylic acids is 1. The number of nitrogens with one attached hydrogen (secondary N) is 7. The van der Waals surface area contributed by atoms with Gasteiger partial charge in [-0.05, 0) is 74.7 Å². The van der Waals surface area contributed by atoms with Gasteiger partial charge in [-0.3, -0.25) is 62.5 Å². The lowest BCUT2D eigenvalue weighted by Gasteiger charge is -2.35. The zero-order valence-electron chi connectivity index (χ0n) is 53.3. The number of hydrogen-bond donors (Lipinski definition) is 12. The van der Waals surface area contributed by atoms with Crippen LogP contribution in [0.1, 0.15) is 150 Å². The second-order valence-electron chi connectivity index (χ2n) is 24.3. The first-order chi connectivity index (χ1) is 42.1. The number of rotatable bonds is 38. The van der Waals surface area contributed by atoms with E-state index < -0.39 is 145 Å². The summed E-state index contributed by atoms with van der Waals surface area (Å²) in [6.45, 7) is 12.2. The van der Waals surface area contributed by atoms with Crippen LogP contribution >= 0.6 is 0 Å². The Balaban J connectivity index is 1.89. The molecule has 0 radical (unpaired) electrons. The number of unbranched alkanes of at least 4 members (excludes halogenated alkanes) is 4. The molecular formula is C61H101N15O13. The van der Waals surface area contributed by atoms with Gasteiger partial charge in [0.15, 0.2) is 5.96 Å². The summed E-state index contributed by atoms with van der Waals surface area (Å²) in [7, 11) is 1.30. The number of amides is 11. The standard InChI is InChI=1S/C61H101N15O13/c1-9-11-12-13-17-24-50(79)75-26-19-22-40(34-75)54(83)71-43(29-39-20-15-14-16-21-39)55(84)67-33-49(78)69-45(27-36(3)4)59(88)76-35-41(68-48(77)32-62)30-47(76)60(89)74(8)46(28-37(5)6)58(87)72-44(31-51(80)81)57(86)70-42(23-18-25-66-61(64)65)56(85)73-52(53(63)82)38(7)10-2/h14-16,20-21,36-38,40-47,52H,9-13,17-19,22-35,62H2,1-8H3,(H2,63,82)(H,67,84)(H,68,77)(H,69,78)(H,70,86)(H,71,83)(H,72,87)(H,73,85)(H,80,81)(H4,64,65,66)/t38-,40-,41+,42-,43-,44-,45-,46-,47-,52-/m0/s1. The number of aliphatic imine (C=N–C) groups is 1. The molecule has 3 rings (SSSR count). The maximum atomic E-state index is 15.0. The third-order valence-corrected chi connectivity index (χ3v) is 16.0. The second-order valence-corrected chi connectivity index (χ2v) is 24.3. The first kappa shape index (κ1) is 75.3. The quantitative estimate of drug-likeness (QED) is 0.0223. The fourth-order valence-corrected chi connectivity index (χ4v) is 10.9. The normalized spacial score (nSPS) is 17.9. The number of likely N-dealkylation sites (N-methyl/N-ethyl adjacent to an activating group) is 1. The van der Waals surface area contributed by atoms with Crippen LogP contribution in [0.3, 0.4) is 0 Å². The molecule has 0 saturated carbocycles. The zero-order valence-corrected chi connectivity index (χ0v) is 53.3. The number of hydrogen-bond acceptors (Lipinski definition) is 14. The molecule has 2 fully saturated rings. The summed E-state index contributed by atoms with van der Waals surface area (Å²) in [4.78, 5) is 172. The monoisotopic (exact) mass is 1250 g/mol. The van der Waals surface area contributed by atoms with Crippen molar-refractivity contribution in [1.82, 2.24) is 51.9 Å². The van der Waals surface area contributed by atoms with E-state index in [0.717, 1.165) is 42.6 Å². The molecule has 0 spiro atoms. The average molecular weight is 1250 g/mol. The highest BCUT2D eigenvalue weighted by Gasteiger charge is 2.46. The summed E-state index contributed by atoms with van der Waals surface area (Å²) >= 11 is 0. The van der Waals surface area contributed by atoms with Crippen LogP contribution in [0, 0.1) is 23.7 Å². The molecule has 2 heterocycles. The third-order valence-electron chi connectivity index (χ3n) is 16.0. The summed E-state index contributed by atoms with van der Waals surface area (Å²) in [6.07, 6.45) is 5.91. The largest absolute Gasteiger partial charge is 0.481 e. The topological polar surface area (TPSA) is 435 Å². The maximum Gasteiger partial charge on any atom is 0.305 e. The molecule has 1 aromatic carbocycles. The van der Waals surface area contributed by atoms with Crippen LogP contribution in [0.25, 0.3) is 0 Å². The SMILES string of the molecule is CCCCCCCC(=O)N1CCC[C@H](C(=O)N[C@@H](Cc2ccccc2)C(=O)NCC(=O)N[C@@H](CC(C)C)C(=O)N2C[C@H](NC(=O)CN)C[C@H]2C(=O)N(C)[C@@H](CC(C)C)C(=O)N[C@@H](CC(=O)O)C(=O)N[C@@H](CCCN=C(N)N)C(=O)N[C@H](C(N)=O)[C@@H](C)CC)C1. The number of carboxylic acid groups (broad SMARTS) is 1. The number of carboxylic acids is 1. The van der Waals surface area contributed by atoms with Crippen molar-refractivity contribution in [1.29, 1.82) is 0 Å². The number of carbonyl (C=O) groups is 12. The molecule has 28 nitrogen and oxygen atoms in total. The molecule has 0 aliphatic carbocycles. The summed E-state index contributed by atoms with van der Waals surface area (Å²) < 4.78 is 0. The molecule has 89 heavy (non-hydrogen) atoms. The Hall–Kier alpha value is -7.91. The van der Waals surface area contributed by atoms with Crippen molar-refractivity contribution in [3.8, 4) is 0 Å². The van der Waals surface area contributed by atoms with Crippen molar-refractivity contribution in [2.75, 3.05) is 46.3 Å². The molecule has 498 valence electrons. The Morgan fingerprint density at radius 1 is 0.730 bits per heavy atom. The van der Waals surface area contributed by atoms with E-state index in [4.69, 9.17) is 22.9 Å². The molecule has 2 saturated heterocycles. The minimum atomic E-state index is -1.83. The first-order valence-corrected chi connectivity index (χ1v) is 31.3. The van der Waals surface area contributed by atoms with E-state index in [1.165, 1.54) is 11.9 Å². The Morgan fingerprint density at radius 2 is 1.38 bits per heavy atom. The van der Waals surface area contributed by atoms with E-state index in [9.17, 15) is 62.6 Å². The predicted octanol–water partition coefficient (Wildman–Crippen LogP) is -0.608. The summed E-state index contributed by atoms with van der Waals surface area (Å²) in [5.41, 5.74) is 22.9. The van der Waals surface area contributed by atoms with Gasteiger partial charge in [0.2, 0.25) is 65.0 Å². The maximum absolute atomic E-state index is 15.0. The third kappa shape index (κ3) is 26.0. The van der Waals surface area contributed by atoms with Gasteiger partial charge in [-0.25, -0.2) is 0 Å². The number of nitrogens with two attached hydrogens (primary N) is 4. The lowest BCUT2D eigenvalue weighted by atomic mass is 9.95. The van der Waals surface area contributed by atoms with E-state index in [2.05, 4.69) is 49.1 Å². The molecular weight excluding hydrogens is 1150 g/mol. The minimum Gasteiger partial charge on any atom is -0.481 e. The summed E-state index contributed by atoms with van der Waals surface area (Å²) in [5.74, 6) is -11.0. The van der Waals surface area contributed by atoms with Gasteiger partial charge in [-0.15, -0.1) is 0 Å². The smallest absolute Gasteiger partial charge is 0.305 e. The number of primary amides is 1. The Bertz CT molecular complexity index is 2590. The van der Waals surface area contributed by atoms with Crippen LogP contribution in [-0.2, 0) is 64.0 Å². The van der Waals surface area contributed by atoms with Crippen LogP contribution in [0.2, 0.25) is 0 Å². The van der Waals surface area contributed by atoms with Gasteiger partial charge in [0.05, 0.1) is 25.4 Å². The van der Waals surface area contributed by atoms with Crippen molar-refractivity contribution < 1.29 is 62.6 Å². The lowest BCUT2D eigenvalue weighted by molar-refractivity contribution is -0.149. The fraction of sp³-hybridized carbons (Fsp3) is 0.689. The number of benzene rings is 1. The van der Waals surface area contributed by atoms with Crippen LogP contribution < -0.4 is 60.2 Å². The van der Waals surface area contributed by atoms with Crippen molar-refractivity contribution in [2.24, 2.45) is 51.6 Å². The molecule has 11 amide bonds. The van der Waals surface area contributed by atoms with Crippen molar-refractivity contribution in [3.63, 3.8) is 0 Å². The Morgan fingerprint density at radius 3 is 1.99 bits per heavy atom. The highest BCUT2D eigenvalue weighted by molar-refractivity contribution is 5.99. The van der Waals surface area contributed by atoms with Crippen molar-refractivity contribution >= 4 is 76.9 Å². The molecule has 0 aromatic heterocycles. The highest BCUT2D eigenvalue weighted by atomic mass is 16.4. The molecule has 2 aliphatic heterocycles. The average Bonchev–Trinajstić information content (AvgIpc) is 1.83. The summed E-state index contributed by atoms with van der Waals surface area (Å²) in [5, 5.41) is 28.4. The van der Waals surface area contributed by atoms with E-state index in [1.54, 1.807) is 70.7 Å². The van der Waals surface area contributed by atoms with E-state index >= 15 is 0 Å². The number of carbonyl (C=O) groups excluding carboxylic acids is 11. The molecule has 2 aliphatic rings. The van der Waals surface area contributed by atoms with E-state index in [1.807, 2.05) is 6.07 Å². The van der Waals surface area contributed by atoms with Crippen molar-refractivity contribution in [3.05, 3.63) is 35.9 Å². The van der Waals surface area contributed by atoms with Crippen LogP contribution in [-0.4, -0.2) is 191 Å². The van der Waals surface area contributed by atoms with E-state index in [-0.39, 0.29) is 81.9 Å². The van der Waals surface area contributed by atoms with Gasteiger partial charge in [-0.1, -0.05) is 111 Å². The highest BCUT2D eigenvalue weighted by Crippen LogP contribution is 2.26. The molecule has 28 heteroatoms. The van der Waals surface area contributed by atoms with Gasteiger partial charge in [0, 0.05) is 52.1 Å². The fourth-order valence-electron chi connectivity index (χ4n) is 10.9.